The quantitative estimate of drug-likeness (QED) is 0.574. The number of nitrogen functional groups attached to an aromatic ring is 1. The number of anilines is 4. The molecule has 19 heavy (non-hydrogen) atoms. The molecule has 0 saturated heterocycles. The van der Waals surface area contributed by atoms with Gasteiger partial charge in [0.2, 0.25) is 5.95 Å². The Hall–Kier alpha value is -2.34. The third-order valence-electron chi connectivity index (χ3n) is 2.75. The summed E-state index contributed by atoms with van der Waals surface area (Å²) in [5, 5.41) is 3.23. The average Bonchev–Trinajstić information content (AvgIpc) is 2.41. The zero-order valence-corrected chi connectivity index (χ0v) is 11.3. The van der Waals surface area contributed by atoms with Crippen molar-refractivity contribution >= 4 is 23.1 Å². The van der Waals surface area contributed by atoms with E-state index in [1.165, 1.54) is 5.56 Å². The maximum atomic E-state index is 5.29. The molecule has 0 saturated carbocycles. The van der Waals surface area contributed by atoms with Crippen LogP contribution in [0.5, 0.6) is 0 Å². The lowest BCUT2D eigenvalue weighted by Crippen LogP contribution is -2.11. The number of benzene rings is 1. The first kappa shape index (κ1) is 13.1. The molecule has 0 aliphatic carbocycles. The average molecular weight is 258 g/mol. The van der Waals surface area contributed by atoms with Crippen molar-refractivity contribution in [1.29, 1.82) is 0 Å². The molecule has 100 valence electrons. The van der Waals surface area contributed by atoms with Gasteiger partial charge >= 0.3 is 0 Å². The standard InChI is InChI=1S/C13H18N6/c1-9-4-5-10(8-11(9)19(2)3)16-12-6-7-15-13(17-12)18-14/h4-8H,14H2,1-3H3,(H2,15,16,17,18). The molecule has 1 aromatic carbocycles. The van der Waals surface area contributed by atoms with Gasteiger partial charge in [0.1, 0.15) is 5.82 Å². The van der Waals surface area contributed by atoms with Crippen molar-refractivity contribution in [2.24, 2.45) is 5.84 Å². The van der Waals surface area contributed by atoms with Crippen molar-refractivity contribution in [1.82, 2.24) is 9.97 Å². The molecule has 0 aliphatic rings. The van der Waals surface area contributed by atoms with Crippen molar-refractivity contribution in [2.45, 2.75) is 6.92 Å². The molecular weight excluding hydrogens is 240 g/mol. The highest BCUT2D eigenvalue weighted by atomic mass is 15.3. The number of nitrogens with zero attached hydrogens (tertiary/aromatic N) is 3. The summed E-state index contributed by atoms with van der Waals surface area (Å²) in [6, 6.07) is 7.95. The van der Waals surface area contributed by atoms with Crippen LogP contribution in [0.25, 0.3) is 0 Å². The number of hydrogen-bond acceptors (Lipinski definition) is 6. The molecule has 0 aliphatic heterocycles. The molecule has 0 fully saturated rings. The van der Waals surface area contributed by atoms with E-state index in [4.69, 9.17) is 5.84 Å². The van der Waals surface area contributed by atoms with E-state index < -0.39 is 0 Å². The van der Waals surface area contributed by atoms with E-state index in [2.05, 4.69) is 44.7 Å². The Morgan fingerprint density at radius 1 is 1.21 bits per heavy atom. The van der Waals surface area contributed by atoms with Crippen LogP contribution in [-0.2, 0) is 0 Å². The van der Waals surface area contributed by atoms with Gasteiger partial charge in [-0.15, -0.1) is 0 Å². The Morgan fingerprint density at radius 3 is 2.68 bits per heavy atom. The van der Waals surface area contributed by atoms with Crippen molar-refractivity contribution in [3.8, 4) is 0 Å². The van der Waals surface area contributed by atoms with Gasteiger partial charge in [0.15, 0.2) is 0 Å². The zero-order chi connectivity index (χ0) is 13.8. The van der Waals surface area contributed by atoms with Crippen LogP contribution in [0.1, 0.15) is 5.56 Å². The topological polar surface area (TPSA) is 79.1 Å². The number of aromatic nitrogens is 2. The summed E-state index contributed by atoms with van der Waals surface area (Å²) in [6.45, 7) is 2.08. The van der Waals surface area contributed by atoms with E-state index in [-0.39, 0.29) is 0 Å². The summed E-state index contributed by atoms with van der Waals surface area (Å²) in [5.74, 6) is 6.36. The van der Waals surface area contributed by atoms with E-state index in [1.807, 2.05) is 20.2 Å². The van der Waals surface area contributed by atoms with Gasteiger partial charge in [-0.1, -0.05) is 6.07 Å². The molecule has 0 bridgehead atoms. The minimum atomic E-state index is 0.380. The van der Waals surface area contributed by atoms with Crippen LogP contribution >= 0.6 is 0 Å². The summed E-state index contributed by atoms with van der Waals surface area (Å²) in [4.78, 5) is 10.3. The van der Waals surface area contributed by atoms with Gasteiger partial charge in [-0.05, 0) is 30.7 Å². The molecular formula is C13H18N6. The first-order chi connectivity index (χ1) is 9.10. The molecule has 1 heterocycles. The van der Waals surface area contributed by atoms with E-state index >= 15 is 0 Å². The lowest BCUT2D eigenvalue weighted by Gasteiger charge is -2.17. The summed E-state index contributed by atoms with van der Waals surface area (Å²) < 4.78 is 0. The van der Waals surface area contributed by atoms with Crippen LogP contribution in [0, 0.1) is 6.92 Å². The van der Waals surface area contributed by atoms with Crippen LogP contribution in [0.4, 0.5) is 23.1 Å². The Labute approximate surface area is 112 Å². The lowest BCUT2D eigenvalue weighted by molar-refractivity contribution is 1.11. The highest BCUT2D eigenvalue weighted by Crippen LogP contribution is 2.24. The van der Waals surface area contributed by atoms with E-state index in [0.29, 0.717) is 11.8 Å². The highest BCUT2D eigenvalue weighted by Gasteiger charge is 2.04. The van der Waals surface area contributed by atoms with Crippen LogP contribution in [-0.4, -0.2) is 24.1 Å². The van der Waals surface area contributed by atoms with E-state index in [9.17, 15) is 0 Å². The second-order valence-corrected chi connectivity index (χ2v) is 4.43. The van der Waals surface area contributed by atoms with Crippen molar-refractivity contribution in [3.05, 3.63) is 36.0 Å². The largest absolute Gasteiger partial charge is 0.377 e. The minimum absolute atomic E-state index is 0.380. The number of hydrogen-bond donors (Lipinski definition) is 3. The van der Waals surface area contributed by atoms with Gasteiger partial charge in [0, 0.05) is 31.7 Å². The minimum Gasteiger partial charge on any atom is -0.377 e. The van der Waals surface area contributed by atoms with E-state index in [1.54, 1.807) is 12.3 Å². The molecule has 2 rings (SSSR count). The Kier molecular flexibility index (Phi) is 3.82. The lowest BCUT2D eigenvalue weighted by atomic mass is 10.1. The van der Waals surface area contributed by atoms with Gasteiger partial charge in [0.25, 0.3) is 0 Å². The smallest absolute Gasteiger partial charge is 0.239 e. The molecule has 0 spiro atoms. The molecule has 0 amide bonds. The number of hydrazine groups is 1. The Bertz CT molecular complexity index is 567. The van der Waals surface area contributed by atoms with Gasteiger partial charge in [-0.3, -0.25) is 5.43 Å². The molecule has 4 N–H and O–H groups in total. The summed E-state index contributed by atoms with van der Waals surface area (Å²) in [6.07, 6.45) is 1.64. The molecule has 6 nitrogen and oxygen atoms in total. The Balaban J connectivity index is 2.25. The summed E-state index contributed by atoms with van der Waals surface area (Å²) in [5.41, 5.74) is 5.78. The third-order valence-corrected chi connectivity index (χ3v) is 2.75. The fourth-order valence-corrected chi connectivity index (χ4v) is 1.81. The van der Waals surface area contributed by atoms with Crippen molar-refractivity contribution in [2.75, 3.05) is 29.7 Å². The first-order valence-corrected chi connectivity index (χ1v) is 5.95. The van der Waals surface area contributed by atoms with Crippen molar-refractivity contribution in [3.63, 3.8) is 0 Å². The Morgan fingerprint density at radius 2 is 2.00 bits per heavy atom. The second kappa shape index (κ2) is 5.53. The van der Waals surface area contributed by atoms with Crippen molar-refractivity contribution < 1.29 is 0 Å². The number of rotatable bonds is 4. The summed E-state index contributed by atoms with van der Waals surface area (Å²) >= 11 is 0. The molecule has 2 aromatic rings. The molecule has 1 aromatic heterocycles. The van der Waals surface area contributed by atoms with E-state index in [0.717, 1.165) is 11.4 Å². The molecule has 0 radical (unpaired) electrons. The summed E-state index contributed by atoms with van der Waals surface area (Å²) in [7, 11) is 4.04. The first-order valence-electron chi connectivity index (χ1n) is 5.95. The normalized spacial score (nSPS) is 10.1. The predicted molar refractivity (Wildman–Crippen MR) is 78.6 cm³/mol. The fraction of sp³-hybridized carbons (Fsp3) is 0.231. The second-order valence-electron chi connectivity index (χ2n) is 4.43. The zero-order valence-electron chi connectivity index (χ0n) is 11.3. The van der Waals surface area contributed by atoms with Crippen LogP contribution in [0.3, 0.4) is 0 Å². The van der Waals surface area contributed by atoms with Gasteiger partial charge in [-0.2, -0.15) is 4.98 Å². The monoisotopic (exact) mass is 258 g/mol. The SMILES string of the molecule is Cc1ccc(Nc2ccnc(NN)n2)cc1N(C)C. The third kappa shape index (κ3) is 3.11. The fourth-order valence-electron chi connectivity index (χ4n) is 1.81. The number of nitrogens with one attached hydrogen (secondary N) is 2. The number of nitrogens with two attached hydrogens (primary N) is 1. The maximum Gasteiger partial charge on any atom is 0.239 e. The maximum absolute atomic E-state index is 5.29. The van der Waals surface area contributed by atoms with Crippen LogP contribution in [0.2, 0.25) is 0 Å². The highest BCUT2D eigenvalue weighted by molar-refractivity contribution is 5.66. The van der Waals surface area contributed by atoms with Gasteiger partial charge < -0.3 is 10.2 Å². The number of aryl methyl sites for hydroxylation is 1. The van der Waals surface area contributed by atoms with Crippen LogP contribution in [0.15, 0.2) is 30.5 Å². The molecule has 0 unspecified atom stereocenters. The van der Waals surface area contributed by atoms with Gasteiger partial charge in [-0.25, -0.2) is 10.8 Å². The molecule has 6 heteroatoms. The molecule has 0 atom stereocenters. The van der Waals surface area contributed by atoms with Crippen LogP contribution < -0.4 is 21.5 Å². The van der Waals surface area contributed by atoms with Gasteiger partial charge in [0.05, 0.1) is 0 Å². The predicted octanol–water partition coefficient (Wildman–Crippen LogP) is 1.88.